The number of benzene rings is 1. The van der Waals surface area contributed by atoms with Crippen molar-refractivity contribution in [1.29, 1.82) is 0 Å². The lowest BCUT2D eigenvalue weighted by molar-refractivity contribution is 0.315. The number of hydrogen-bond acceptors (Lipinski definition) is 4. The van der Waals surface area contributed by atoms with E-state index in [1.165, 1.54) is 12.7 Å². The molecule has 0 saturated carbocycles. The molecule has 4 heteroatoms. The Labute approximate surface area is 107 Å². The number of rotatable bonds is 4. The molecule has 0 aliphatic rings. The molecule has 0 amide bonds. The molecule has 0 aliphatic carbocycles. The summed E-state index contributed by atoms with van der Waals surface area (Å²) in [6.45, 7) is 6.91. The summed E-state index contributed by atoms with van der Waals surface area (Å²) in [7, 11) is 0. The molecule has 2 aromatic rings. The first kappa shape index (κ1) is 12.5. The van der Waals surface area contributed by atoms with Crippen LogP contribution in [0.15, 0.2) is 24.8 Å². The molecular formula is C14H17N3O. The summed E-state index contributed by atoms with van der Waals surface area (Å²) in [5.41, 5.74) is 3.25. The second-order valence-corrected chi connectivity index (χ2v) is 4.19. The van der Waals surface area contributed by atoms with Crippen molar-refractivity contribution in [2.45, 2.75) is 27.2 Å². The van der Waals surface area contributed by atoms with Crippen molar-refractivity contribution in [2.24, 2.45) is 0 Å². The van der Waals surface area contributed by atoms with Crippen LogP contribution in [-0.2, 0) is 0 Å². The van der Waals surface area contributed by atoms with Crippen molar-refractivity contribution in [3.63, 3.8) is 0 Å². The molecule has 1 heterocycles. The van der Waals surface area contributed by atoms with Crippen molar-refractivity contribution in [3.8, 4) is 17.1 Å². The first-order valence-corrected chi connectivity index (χ1v) is 6.09. The van der Waals surface area contributed by atoms with E-state index in [0.717, 1.165) is 35.5 Å². The minimum atomic E-state index is 0.696. The molecular weight excluding hydrogens is 226 g/mol. The van der Waals surface area contributed by atoms with Gasteiger partial charge in [0.05, 0.1) is 6.61 Å². The summed E-state index contributed by atoms with van der Waals surface area (Å²) in [6, 6.07) is 4.04. The van der Waals surface area contributed by atoms with Gasteiger partial charge in [0.25, 0.3) is 0 Å². The molecule has 0 N–H and O–H groups in total. The summed E-state index contributed by atoms with van der Waals surface area (Å²) in [5, 5.41) is 0. The smallest absolute Gasteiger partial charge is 0.163 e. The van der Waals surface area contributed by atoms with E-state index in [2.05, 4.69) is 28.8 Å². The summed E-state index contributed by atoms with van der Waals surface area (Å²) < 4.78 is 5.73. The lowest BCUT2D eigenvalue weighted by Crippen LogP contribution is -2.01. The molecule has 1 aromatic heterocycles. The fraction of sp³-hybridized carbons (Fsp3) is 0.357. The molecule has 18 heavy (non-hydrogen) atoms. The van der Waals surface area contributed by atoms with Crippen LogP contribution < -0.4 is 4.74 Å². The van der Waals surface area contributed by atoms with Gasteiger partial charge >= 0.3 is 0 Å². The van der Waals surface area contributed by atoms with Gasteiger partial charge in [-0.2, -0.15) is 0 Å². The van der Waals surface area contributed by atoms with Gasteiger partial charge in [0.1, 0.15) is 18.4 Å². The number of hydrogen-bond donors (Lipinski definition) is 0. The van der Waals surface area contributed by atoms with Crippen LogP contribution >= 0.6 is 0 Å². The van der Waals surface area contributed by atoms with Gasteiger partial charge in [0, 0.05) is 11.1 Å². The van der Waals surface area contributed by atoms with Gasteiger partial charge in [0.2, 0.25) is 0 Å². The Morgan fingerprint density at radius 2 is 1.83 bits per heavy atom. The zero-order chi connectivity index (χ0) is 13.0. The van der Waals surface area contributed by atoms with Crippen LogP contribution in [0.3, 0.4) is 0 Å². The Bertz CT molecular complexity index is 526. The van der Waals surface area contributed by atoms with E-state index in [-0.39, 0.29) is 0 Å². The van der Waals surface area contributed by atoms with E-state index in [9.17, 15) is 0 Å². The van der Waals surface area contributed by atoms with E-state index in [1.807, 2.05) is 19.1 Å². The van der Waals surface area contributed by atoms with E-state index in [4.69, 9.17) is 4.74 Å². The Balaban J connectivity index is 2.46. The van der Waals surface area contributed by atoms with Crippen LogP contribution in [0.25, 0.3) is 11.4 Å². The maximum absolute atomic E-state index is 5.73. The average molecular weight is 243 g/mol. The fourth-order valence-electron chi connectivity index (χ4n) is 1.91. The predicted octanol–water partition coefficient (Wildman–Crippen LogP) is 2.94. The topological polar surface area (TPSA) is 47.9 Å². The van der Waals surface area contributed by atoms with Crippen LogP contribution in [0.1, 0.15) is 24.5 Å². The van der Waals surface area contributed by atoms with Crippen molar-refractivity contribution in [3.05, 3.63) is 35.9 Å². The van der Waals surface area contributed by atoms with Gasteiger partial charge in [0.15, 0.2) is 5.82 Å². The quantitative estimate of drug-likeness (QED) is 0.828. The van der Waals surface area contributed by atoms with Gasteiger partial charge < -0.3 is 4.74 Å². The number of ether oxygens (including phenoxy) is 1. The molecule has 1 aromatic carbocycles. The third-order valence-electron chi connectivity index (χ3n) is 2.80. The summed E-state index contributed by atoms with van der Waals surface area (Å²) in [5.74, 6) is 1.60. The third kappa shape index (κ3) is 2.47. The minimum absolute atomic E-state index is 0.696. The second-order valence-electron chi connectivity index (χ2n) is 4.19. The standard InChI is InChI=1S/C14H17N3O/c1-4-7-18-12-6-5-10(2)13(11(12)3)14-16-8-15-9-17-14/h5-6,8-9H,4,7H2,1-3H3. The number of aromatic nitrogens is 3. The highest BCUT2D eigenvalue weighted by Gasteiger charge is 2.12. The molecule has 4 nitrogen and oxygen atoms in total. The van der Waals surface area contributed by atoms with Crippen LogP contribution in [0, 0.1) is 13.8 Å². The van der Waals surface area contributed by atoms with E-state index in [0.29, 0.717) is 5.82 Å². The van der Waals surface area contributed by atoms with Crippen LogP contribution in [0.5, 0.6) is 5.75 Å². The highest BCUT2D eigenvalue weighted by molar-refractivity contribution is 5.67. The molecule has 0 bridgehead atoms. The van der Waals surface area contributed by atoms with Crippen molar-refractivity contribution in [1.82, 2.24) is 15.0 Å². The highest BCUT2D eigenvalue weighted by Crippen LogP contribution is 2.30. The van der Waals surface area contributed by atoms with Gasteiger partial charge in [-0.05, 0) is 31.9 Å². The summed E-state index contributed by atoms with van der Waals surface area (Å²) in [4.78, 5) is 12.3. The van der Waals surface area contributed by atoms with Gasteiger partial charge in [-0.15, -0.1) is 0 Å². The van der Waals surface area contributed by atoms with E-state index in [1.54, 1.807) is 0 Å². The Hall–Kier alpha value is -1.97. The van der Waals surface area contributed by atoms with Gasteiger partial charge in [-0.3, -0.25) is 0 Å². The van der Waals surface area contributed by atoms with Crippen LogP contribution in [-0.4, -0.2) is 21.6 Å². The first-order chi connectivity index (χ1) is 8.74. The molecule has 0 atom stereocenters. The minimum Gasteiger partial charge on any atom is -0.493 e. The predicted molar refractivity (Wildman–Crippen MR) is 70.5 cm³/mol. The normalized spacial score (nSPS) is 10.4. The van der Waals surface area contributed by atoms with Crippen molar-refractivity contribution < 1.29 is 4.74 Å². The zero-order valence-electron chi connectivity index (χ0n) is 11.0. The average Bonchev–Trinajstić information content (AvgIpc) is 2.39. The zero-order valence-corrected chi connectivity index (χ0v) is 11.0. The first-order valence-electron chi connectivity index (χ1n) is 6.09. The summed E-state index contributed by atoms with van der Waals surface area (Å²) in [6.07, 6.45) is 4.02. The maximum Gasteiger partial charge on any atom is 0.163 e. The number of aryl methyl sites for hydroxylation is 1. The number of nitrogens with zero attached hydrogens (tertiary/aromatic N) is 3. The molecule has 94 valence electrons. The third-order valence-corrected chi connectivity index (χ3v) is 2.80. The molecule has 2 rings (SSSR count). The Morgan fingerprint density at radius 1 is 1.11 bits per heavy atom. The van der Waals surface area contributed by atoms with E-state index < -0.39 is 0 Å². The fourth-order valence-corrected chi connectivity index (χ4v) is 1.91. The van der Waals surface area contributed by atoms with E-state index >= 15 is 0 Å². The summed E-state index contributed by atoms with van der Waals surface area (Å²) >= 11 is 0. The molecule has 0 aliphatic heterocycles. The van der Waals surface area contributed by atoms with Crippen LogP contribution in [0.2, 0.25) is 0 Å². The monoisotopic (exact) mass is 243 g/mol. The molecule has 0 fully saturated rings. The second kappa shape index (κ2) is 5.58. The molecule has 0 spiro atoms. The largest absolute Gasteiger partial charge is 0.493 e. The van der Waals surface area contributed by atoms with Crippen molar-refractivity contribution >= 4 is 0 Å². The maximum atomic E-state index is 5.73. The van der Waals surface area contributed by atoms with Gasteiger partial charge in [-0.25, -0.2) is 15.0 Å². The molecule has 0 saturated heterocycles. The van der Waals surface area contributed by atoms with Gasteiger partial charge in [-0.1, -0.05) is 13.0 Å². The lowest BCUT2D eigenvalue weighted by Gasteiger charge is -2.13. The highest BCUT2D eigenvalue weighted by atomic mass is 16.5. The lowest BCUT2D eigenvalue weighted by atomic mass is 10.0. The molecule has 0 unspecified atom stereocenters. The van der Waals surface area contributed by atoms with Crippen LogP contribution in [0.4, 0.5) is 0 Å². The SMILES string of the molecule is CCCOc1ccc(C)c(-c2ncncn2)c1C. The van der Waals surface area contributed by atoms with Crippen molar-refractivity contribution in [2.75, 3.05) is 6.61 Å². The molecule has 0 radical (unpaired) electrons. The Kier molecular flexibility index (Phi) is 3.87. The Morgan fingerprint density at radius 3 is 2.50 bits per heavy atom.